The van der Waals surface area contributed by atoms with Crippen LogP contribution in [-0.4, -0.2) is 125 Å². The molecule has 0 unspecified atom stereocenters. The van der Waals surface area contributed by atoms with Gasteiger partial charge in [-0.2, -0.15) is 20.7 Å². The van der Waals surface area contributed by atoms with Crippen molar-refractivity contribution >= 4 is 34.9 Å². The van der Waals surface area contributed by atoms with Crippen LogP contribution in [0.1, 0.15) is 85.5 Å². The molecule has 6 heterocycles. The van der Waals surface area contributed by atoms with Crippen LogP contribution < -0.4 is 21.3 Å². The Morgan fingerprint density at radius 1 is 0.714 bits per heavy atom. The highest BCUT2D eigenvalue weighted by atomic mass is 16.2. The van der Waals surface area contributed by atoms with Gasteiger partial charge in [-0.3, -0.25) is 19.2 Å². The van der Waals surface area contributed by atoms with Gasteiger partial charge in [0, 0.05) is 74.2 Å². The number of carbonyl (C=O) groups excluding carboxylic acids is 4. The highest BCUT2D eigenvalue weighted by Gasteiger charge is 2.31. The lowest BCUT2D eigenvalue weighted by atomic mass is 10.1. The van der Waals surface area contributed by atoms with E-state index in [0.29, 0.717) is 48.6 Å². The molecular weight excluding hydrogens is 717 g/mol. The molecule has 2 aliphatic heterocycles. The summed E-state index contributed by atoms with van der Waals surface area (Å²) >= 11 is 0. The average Bonchev–Trinajstić information content (AvgIpc) is 3.99. The van der Waals surface area contributed by atoms with Crippen LogP contribution in [0.4, 0.5) is 0 Å². The molecule has 0 aliphatic carbocycles. The van der Waals surface area contributed by atoms with Gasteiger partial charge in [-0.05, 0) is 67.2 Å². The van der Waals surface area contributed by atoms with Crippen molar-refractivity contribution in [1.82, 2.24) is 60.3 Å². The Labute approximate surface area is 325 Å². The van der Waals surface area contributed by atoms with Gasteiger partial charge in [0.25, 0.3) is 11.8 Å². The molecule has 0 aromatic carbocycles. The Morgan fingerprint density at radius 2 is 1.11 bits per heavy atom. The first-order chi connectivity index (χ1) is 26.6. The number of amides is 4. The number of aryl methyl sites for hydroxylation is 2. The summed E-state index contributed by atoms with van der Waals surface area (Å²) in [5.41, 5.74) is 2.88. The second-order valence-corrected chi connectivity index (χ2v) is 15.5. The molecule has 18 heteroatoms. The Kier molecular flexibility index (Phi) is 13.0. The normalized spacial score (nSPS) is 16.9. The van der Waals surface area contributed by atoms with Crippen molar-refractivity contribution in [1.29, 1.82) is 10.5 Å². The average molecular weight is 767 g/mol. The van der Waals surface area contributed by atoms with Crippen LogP contribution in [0.5, 0.6) is 0 Å². The first-order valence-electron chi connectivity index (χ1n) is 18.7. The summed E-state index contributed by atoms with van der Waals surface area (Å²) in [5, 5.41) is 38.8. The van der Waals surface area contributed by atoms with Gasteiger partial charge in [0.15, 0.2) is 11.3 Å². The third-order valence-corrected chi connectivity index (χ3v) is 9.66. The molecule has 4 aromatic rings. The zero-order chi connectivity index (χ0) is 40.6. The molecule has 0 radical (unpaired) electrons. The summed E-state index contributed by atoms with van der Waals surface area (Å²) in [5.74, 6) is -0.694. The maximum absolute atomic E-state index is 12.4. The third-order valence-electron chi connectivity index (χ3n) is 9.66. The van der Waals surface area contributed by atoms with Gasteiger partial charge >= 0.3 is 0 Å². The first-order valence-corrected chi connectivity index (χ1v) is 18.7. The zero-order valence-electron chi connectivity index (χ0n) is 32.8. The topological polar surface area (TPSA) is 231 Å². The summed E-state index contributed by atoms with van der Waals surface area (Å²) in [4.78, 5) is 61.3. The fourth-order valence-electron chi connectivity index (χ4n) is 6.39. The minimum absolute atomic E-state index is 0.0906. The Balaban J connectivity index is 0.000000214. The van der Waals surface area contributed by atoms with Crippen LogP contribution in [0.15, 0.2) is 36.9 Å². The summed E-state index contributed by atoms with van der Waals surface area (Å²) in [6.45, 7) is 13.5. The Hall–Kier alpha value is -5.98. The second kappa shape index (κ2) is 17.7. The van der Waals surface area contributed by atoms with Crippen molar-refractivity contribution in [2.75, 3.05) is 39.3 Å². The van der Waals surface area contributed by atoms with Crippen LogP contribution >= 0.6 is 0 Å². The van der Waals surface area contributed by atoms with Crippen LogP contribution in [0.3, 0.4) is 0 Å². The van der Waals surface area contributed by atoms with Crippen molar-refractivity contribution in [3.63, 3.8) is 0 Å². The fourth-order valence-corrected chi connectivity index (χ4v) is 6.39. The molecule has 4 aromatic heterocycles. The van der Waals surface area contributed by atoms with Gasteiger partial charge in [0.05, 0.1) is 47.7 Å². The molecule has 2 saturated heterocycles. The molecule has 2 aliphatic rings. The van der Waals surface area contributed by atoms with E-state index in [2.05, 4.69) is 53.6 Å². The number of rotatable bonds is 12. The van der Waals surface area contributed by atoms with Gasteiger partial charge in [0.2, 0.25) is 11.8 Å². The minimum Gasteiger partial charge on any atom is -0.350 e. The quantitative estimate of drug-likeness (QED) is 0.160. The summed E-state index contributed by atoms with van der Waals surface area (Å²) < 4.78 is 3.15. The van der Waals surface area contributed by atoms with Crippen molar-refractivity contribution < 1.29 is 19.2 Å². The number of fused-ring (bicyclic) bond motifs is 2. The van der Waals surface area contributed by atoms with E-state index in [1.165, 1.54) is 12.4 Å². The largest absolute Gasteiger partial charge is 0.350 e. The number of nitriles is 2. The standard InChI is InChI=1S/2C19H25N7O2/c2*1-13-7-16-21-9-14(11-26(16)24-13)18(28)22-12-19(2,3)23-10-17(27)25-6-4-5-15(25)8-20/h2*7,9,11,15,23H,4-6,10,12H2,1-3H3,(H,22,28)/t2*15-/m00/s1. The predicted octanol–water partition coefficient (Wildman–Crippen LogP) is 1.30. The van der Waals surface area contributed by atoms with E-state index in [1.54, 1.807) is 31.2 Å². The maximum Gasteiger partial charge on any atom is 0.254 e. The van der Waals surface area contributed by atoms with Crippen molar-refractivity contribution in [2.24, 2.45) is 0 Å². The lowest BCUT2D eigenvalue weighted by molar-refractivity contribution is -0.131. The van der Waals surface area contributed by atoms with Crippen molar-refractivity contribution in [3.8, 4) is 12.1 Å². The van der Waals surface area contributed by atoms with Crippen LogP contribution in [0.2, 0.25) is 0 Å². The molecule has 0 bridgehead atoms. The number of hydrogen-bond donors (Lipinski definition) is 4. The number of aromatic nitrogens is 6. The van der Waals surface area contributed by atoms with Gasteiger partial charge < -0.3 is 31.1 Å². The van der Waals surface area contributed by atoms with Crippen LogP contribution in [-0.2, 0) is 9.59 Å². The summed E-state index contributed by atoms with van der Waals surface area (Å²) in [7, 11) is 0. The lowest BCUT2D eigenvalue weighted by Crippen LogP contribution is -2.52. The summed E-state index contributed by atoms with van der Waals surface area (Å²) in [6.07, 6.45) is 9.51. The fraction of sp³-hybridized carbons (Fsp3) is 0.526. The van der Waals surface area contributed by atoms with Gasteiger partial charge in [-0.15, -0.1) is 0 Å². The molecule has 4 N–H and O–H groups in total. The molecule has 0 saturated carbocycles. The zero-order valence-corrected chi connectivity index (χ0v) is 32.8. The van der Waals surface area contributed by atoms with Crippen molar-refractivity contribution in [2.45, 2.75) is 90.4 Å². The molecule has 56 heavy (non-hydrogen) atoms. The van der Waals surface area contributed by atoms with E-state index in [4.69, 9.17) is 10.5 Å². The molecular formula is C38H50N14O4. The number of nitrogens with zero attached hydrogens (tertiary/aromatic N) is 10. The number of hydrogen-bond acceptors (Lipinski definition) is 12. The molecule has 18 nitrogen and oxygen atoms in total. The smallest absolute Gasteiger partial charge is 0.254 e. The van der Waals surface area contributed by atoms with Crippen LogP contribution in [0.25, 0.3) is 11.3 Å². The Bertz CT molecular complexity index is 2010. The van der Waals surface area contributed by atoms with Gasteiger partial charge in [0.1, 0.15) is 12.1 Å². The lowest BCUT2D eigenvalue weighted by Gasteiger charge is -2.28. The van der Waals surface area contributed by atoms with E-state index < -0.39 is 11.1 Å². The second-order valence-electron chi connectivity index (χ2n) is 15.5. The predicted molar refractivity (Wildman–Crippen MR) is 205 cm³/mol. The monoisotopic (exact) mass is 766 g/mol. The number of nitrogens with one attached hydrogen (secondary N) is 4. The van der Waals surface area contributed by atoms with E-state index in [9.17, 15) is 19.2 Å². The van der Waals surface area contributed by atoms with Crippen molar-refractivity contribution in [3.05, 3.63) is 59.4 Å². The minimum atomic E-state index is -0.493. The van der Waals surface area contributed by atoms with E-state index >= 15 is 0 Å². The van der Waals surface area contributed by atoms with E-state index in [0.717, 1.165) is 37.1 Å². The number of carbonyl (C=O) groups is 4. The molecule has 6 rings (SSSR count). The highest BCUT2D eigenvalue weighted by Crippen LogP contribution is 2.17. The third kappa shape index (κ3) is 10.6. The molecule has 4 amide bonds. The molecule has 296 valence electrons. The Morgan fingerprint density at radius 3 is 1.48 bits per heavy atom. The van der Waals surface area contributed by atoms with E-state index in [1.807, 2.05) is 53.7 Å². The summed E-state index contributed by atoms with van der Waals surface area (Å²) in [6, 6.07) is 7.36. The highest BCUT2D eigenvalue weighted by molar-refractivity contribution is 5.94. The van der Waals surface area contributed by atoms with E-state index in [-0.39, 0.29) is 48.8 Å². The SMILES string of the molecule is Cc1cc2ncc(C(=O)NCC(C)(C)NCC(=O)N3CCC[C@H]3C#N)cn2n1.Cc1cc2ncc(C(=O)NCC(C)(C)NCC(=O)N3CCC[C@H]3C#N)cn2n1. The van der Waals surface area contributed by atoms with Crippen LogP contribution in [0, 0.1) is 36.5 Å². The van der Waals surface area contributed by atoms with Gasteiger partial charge in [-0.1, -0.05) is 0 Å². The van der Waals surface area contributed by atoms with Gasteiger partial charge in [-0.25, -0.2) is 19.0 Å². The first kappa shape index (κ1) is 41.2. The molecule has 2 atom stereocenters. The molecule has 2 fully saturated rings. The number of likely N-dealkylation sites (tertiary alicyclic amines) is 2. The maximum atomic E-state index is 12.4. The molecule has 0 spiro atoms.